The molecule has 0 fully saturated rings. The lowest BCUT2D eigenvalue weighted by molar-refractivity contribution is 0.415. The van der Waals surface area contributed by atoms with Crippen LogP contribution in [-0.2, 0) is 0 Å². The molecule has 2 aromatic rings. The number of aryl methyl sites for hydroxylation is 2. The molecule has 0 N–H and O–H groups in total. The van der Waals surface area contributed by atoms with Gasteiger partial charge in [-0.05, 0) is 68.8 Å². The average Bonchev–Trinajstić information content (AvgIpc) is 2.72. The summed E-state index contributed by atoms with van der Waals surface area (Å²) in [6.45, 7) is 4.57. The number of ether oxygens (including phenoxy) is 1. The zero-order valence-electron chi connectivity index (χ0n) is 13.3. The fourth-order valence-corrected chi connectivity index (χ4v) is 3.10. The molecule has 21 heavy (non-hydrogen) atoms. The van der Waals surface area contributed by atoms with Gasteiger partial charge >= 0.3 is 6.98 Å². The first kappa shape index (κ1) is 13.9. The fourth-order valence-electron chi connectivity index (χ4n) is 3.10. The number of methoxy groups -OCH3 is 1. The maximum absolute atomic E-state index is 5.25. The quantitative estimate of drug-likeness (QED) is 0.786. The second-order valence-electron chi connectivity index (χ2n) is 5.79. The molecular formula is C17H21BN2O. The zero-order valence-corrected chi connectivity index (χ0v) is 13.3. The van der Waals surface area contributed by atoms with Crippen LogP contribution >= 0.6 is 0 Å². The van der Waals surface area contributed by atoms with Crippen molar-refractivity contribution in [3.63, 3.8) is 0 Å². The van der Waals surface area contributed by atoms with E-state index in [2.05, 4.69) is 61.8 Å². The highest BCUT2D eigenvalue weighted by Crippen LogP contribution is 2.37. The van der Waals surface area contributed by atoms with Crippen molar-refractivity contribution in [1.82, 2.24) is 0 Å². The minimum Gasteiger partial charge on any atom is -0.497 e. The lowest BCUT2D eigenvalue weighted by Gasteiger charge is -2.23. The lowest BCUT2D eigenvalue weighted by Crippen LogP contribution is -2.53. The maximum Gasteiger partial charge on any atom is 0.411 e. The van der Waals surface area contributed by atoms with Crippen molar-refractivity contribution in [2.45, 2.75) is 13.8 Å². The Morgan fingerprint density at radius 2 is 1.33 bits per heavy atom. The van der Waals surface area contributed by atoms with Gasteiger partial charge in [0.2, 0.25) is 0 Å². The molecule has 0 amide bonds. The van der Waals surface area contributed by atoms with Gasteiger partial charge in [0.25, 0.3) is 0 Å². The molecule has 0 aromatic heterocycles. The number of hydrogen-bond acceptors (Lipinski definition) is 3. The Hall–Kier alpha value is -2.10. The first-order valence-corrected chi connectivity index (χ1v) is 7.24. The molecule has 1 aliphatic rings. The summed E-state index contributed by atoms with van der Waals surface area (Å²) in [6, 6.07) is 12.9. The predicted molar refractivity (Wildman–Crippen MR) is 91.1 cm³/mol. The van der Waals surface area contributed by atoms with Crippen LogP contribution in [0.2, 0.25) is 0 Å². The molecule has 0 unspecified atom stereocenters. The molecule has 0 bridgehead atoms. The van der Waals surface area contributed by atoms with Crippen LogP contribution in [0.4, 0.5) is 11.4 Å². The third-order valence-electron chi connectivity index (χ3n) is 4.50. The molecule has 0 saturated heterocycles. The van der Waals surface area contributed by atoms with E-state index < -0.39 is 0 Å². The number of nitrogens with zero attached hydrogens (tertiary/aromatic N) is 2. The highest BCUT2D eigenvalue weighted by Gasteiger charge is 2.37. The summed E-state index contributed by atoms with van der Waals surface area (Å²) >= 11 is 0. The number of fused-ring (bicyclic) bond motifs is 1. The van der Waals surface area contributed by atoms with Crippen LogP contribution in [-0.4, -0.2) is 28.2 Å². The molecule has 0 spiro atoms. The Morgan fingerprint density at radius 3 is 1.76 bits per heavy atom. The third kappa shape index (κ3) is 2.15. The summed E-state index contributed by atoms with van der Waals surface area (Å²) in [5.74, 6) is 0.895. The minimum atomic E-state index is 0.229. The largest absolute Gasteiger partial charge is 0.497 e. The summed E-state index contributed by atoms with van der Waals surface area (Å²) in [4.78, 5) is 4.67. The molecule has 1 aliphatic heterocycles. The van der Waals surface area contributed by atoms with Gasteiger partial charge in [0, 0.05) is 11.4 Å². The molecule has 0 radical (unpaired) electrons. The van der Waals surface area contributed by atoms with Gasteiger partial charge in [0.05, 0.1) is 7.11 Å². The van der Waals surface area contributed by atoms with E-state index in [0.717, 1.165) is 5.75 Å². The van der Waals surface area contributed by atoms with Gasteiger partial charge < -0.3 is 14.4 Å². The summed E-state index contributed by atoms with van der Waals surface area (Å²) < 4.78 is 5.25. The van der Waals surface area contributed by atoms with E-state index in [1.165, 1.54) is 28.0 Å². The van der Waals surface area contributed by atoms with Crippen LogP contribution in [0.15, 0.2) is 36.4 Å². The van der Waals surface area contributed by atoms with Crippen LogP contribution < -0.4 is 19.8 Å². The predicted octanol–water partition coefficient (Wildman–Crippen LogP) is 2.59. The molecule has 0 atom stereocenters. The van der Waals surface area contributed by atoms with Crippen LogP contribution in [0, 0.1) is 13.8 Å². The zero-order chi connectivity index (χ0) is 15.1. The van der Waals surface area contributed by atoms with E-state index in [-0.39, 0.29) is 6.98 Å². The smallest absolute Gasteiger partial charge is 0.411 e. The summed E-state index contributed by atoms with van der Waals surface area (Å²) in [5, 5.41) is 0. The Bertz CT molecular complexity index is 634. The molecule has 3 rings (SSSR count). The second kappa shape index (κ2) is 5.03. The van der Waals surface area contributed by atoms with E-state index in [1.54, 1.807) is 7.11 Å². The van der Waals surface area contributed by atoms with Gasteiger partial charge in [0.15, 0.2) is 0 Å². The molecule has 4 heteroatoms. The van der Waals surface area contributed by atoms with Crippen molar-refractivity contribution in [2.24, 2.45) is 0 Å². The molecule has 1 heterocycles. The van der Waals surface area contributed by atoms with Gasteiger partial charge in [0.1, 0.15) is 5.75 Å². The molecule has 0 saturated carbocycles. The molecule has 3 nitrogen and oxygen atoms in total. The normalized spacial score (nSPS) is 13.7. The Labute approximate surface area is 127 Å². The molecular weight excluding hydrogens is 259 g/mol. The first-order valence-electron chi connectivity index (χ1n) is 7.24. The topological polar surface area (TPSA) is 15.7 Å². The Morgan fingerprint density at radius 1 is 0.857 bits per heavy atom. The van der Waals surface area contributed by atoms with Gasteiger partial charge in [-0.15, -0.1) is 0 Å². The van der Waals surface area contributed by atoms with Crippen molar-refractivity contribution in [3.8, 4) is 5.75 Å². The molecule has 0 aliphatic carbocycles. The van der Waals surface area contributed by atoms with Crippen molar-refractivity contribution >= 4 is 23.8 Å². The van der Waals surface area contributed by atoms with Crippen molar-refractivity contribution in [1.29, 1.82) is 0 Å². The van der Waals surface area contributed by atoms with Crippen molar-refractivity contribution in [2.75, 3.05) is 30.8 Å². The Kier molecular flexibility index (Phi) is 3.32. The second-order valence-corrected chi connectivity index (χ2v) is 5.79. The number of hydrogen-bond donors (Lipinski definition) is 0. The van der Waals surface area contributed by atoms with E-state index in [0.29, 0.717) is 0 Å². The van der Waals surface area contributed by atoms with Crippen LogP contribution in [0.1, 0.15) is 11.1 Å². The number of anilines is 2. The summed E-state index contributed by atoms with van der Waals surface area (Å²) in [5.41, 5.74) is 6.53. The average molecular weight is 280 g/mol. The fraction of sp³-hybridized carbons (Fsp3) is 0.294. The monoisotopic (exact) mass is 280 g/mol. The first-order chi connectivity index (χ1) is 10.0. The molecule has 108 valence electrons. The van der Waals surface area contributed by atoms with Gasteiger partial charge in [-0.25, -0.2) is 0 Å². The third-order valence-corrected chi connectivity index (χ3v) is 4.50. The number of benzene rings is 2. The van der Waals surface area contributed by atoms with Crippen LogP contribution in [0.5, 0.6) is 5.75 Å². The van der Waals surface area contributed by atoms with E-state index in [9.17, 15) is 0 Å². The number of rotatable bonds is 2. The van der Waals surface area contributed by atoms with Gasteiger partial charge in [-0.2, -0.15) is 0 Å². The van der Waals surface area contributed by atoms with E-state index >= 15 is 0 Å². The summed E-state index contributed by atoms with van der Waals surface area (Å²) in [7, 11) is 6.02. The SMILES string of the molecule is COc1ccc(B2N(C)c3cc(C)c(C)cc3N2C)cc1. The van der Waals surface area contributed by atoms with Crippen molar-refractivity contribution < 1.29 is 4.74 Å². The van der Waals surface area contributed by atoms with Crippen molar-refractivity contribution in [3.05, 3.63) is 47.5 Å². The summed E-state index contributed by atoms with van der Waals surface area (Å²) in [6.07, 6.45) is 0. The lowest BCUT2D eigenvalue weighted by atomic mass is 9.66. The highest BCUT2D eigenvalue weighted by atomic mass is 16.5. The van der Waals surface area contributed by atoms with E-state index in [4.69, 9.17) is 4.74 Å². The maximum atomic E-state index is 5.25. The van der Waals surface area contributed by atoms with Gasteiger partial charge in [-0.3, -0.25) is 0 Å². The van der Waals surface area contributed by atoms with Crippen LogP contribution in [0.3, 0.4) is 0 Å². The molecule has 2 aromatic carbocycles. The minimum absolute atomic E-state index is 0.229. The van der Waals surface area contributed by atoms with Crippen LogP contribution in [0.25, 0.3) is 0 Å². The standard InChI is InChI=1S/C17H21BN2O/c1-12-10-16-17(11-13(12)2)20(4)18(19(16)3)14-6-8-15(21-5)9-7-14/h6-11H,1-5H3. The highest BCUT2D eigenvalue weighted by molar-refractivity contribution is 6.81. The Balaban J connectivity index is 2.02. The van der Waals surface area contributed by atoms with Gasteiger partial charge in [-0.1, -0.05) is 12.1 Å². The van der Waals surface area contributed by atoms with E-state index in [1.807, 2.05) is 12.1 Å².